The highest BCUT2D eigenvalue weighted by Crippen LogP contribution is 2.18. The number of aromatic carboxylic acids is 1. The number of carbonyl (C=O) groups is 2. The van der Waals surface area contributed by atoms with Crippen LogP contribution in [0, 0.1) is 0 Å². The highest BCUT2D eigenvalue weighted by atomic mass is 16.5. The Labute approximate surface area is 115 Å². The summed E-state index contributed by atoms with van der Waals surface area (Å²) in [5, 5.41) is 8.69. The molecular weight excluding hydrogens is 262 g/mol. The molecule has 1 amide bonds. The molecule has 0 radical (unpaired) electrons. The van der Waals surface area contributed by atoms with E-state index in [2.05, 4.69) is 9.97 Å². The molecule has 1 aromatic heterocycles. The number of hydrogen-bond acceptors (Lipinski definition) is 4. The lowest BCUT2D eigenvalue weighted by molar-refractivity contribution is -0.118. The third-order valence-corrected chi connectivity index (χ3v) is 2.39. The molecule has 0 aliphatic rings. The van der Waals surface area contributed by atoms with Crippen LogP contribution in [0.25, 0.3) is 11.0 Å². The summed E-state index contributed by atoms with van der Waals surface area (Å²) < 4.78 is 5.00. The number of aromatic nitrogens is 2. The van der Waals surface area contributed by atoms with Crippen LogP contribution in [0.2, 0.25) is 0 Å². The van der Waals surface area contributed by atoms with Gasteiger partial charge in [-0.15, -0.1) is 0 Å². The molecule has 108 valence electrons. The number of hydrogen-bond donors (Lipinski definition) is 3. The zero-order valence-corrected chi connectivity index (χ0v) is 11.3. The van der Waals surface area contributed by atoms with Crippen molar-refractivity contribution in [1.82, 2.24) is 9.97 Å². The molecule has 1 aromatic carbocycles. The molecule has 0 saturated heterocycles. The molecule has 2 aromatic rings. The highest BCUT2D eigenvalue weighted by Gasteiger charge is 2.09. The first kappa shape index (κ1) is 15.5. The Balaban J connectivity index is 0.000000286. The third kappa shape index (κ3) is 4.27. The fourth-order valence-corrected chi connectivity index (χ4v) is 1.46. The molecule has 1 heterocycles. The van der Waals surface area contributed by atoms with Crippen molar-refractivity contribution in [3.63, 3.8) is 0 Å². The van der Waals surface area contributed by atoms with Gasteiger partial charge in [-0.05, 0) is 18.6 Å². The van der Waals surface area contributed by atoms with Crippen LogP contribution in [0.1, 0.15) is 30.4 Å². The van der Waals surface area contributed by atoms with E-state index in [0.717, 1.165) is 6.42 Å². The van der Waals surface area contributed by atoms with Gasteiger partial charge in [-0.2, -0.15) is 0 Å². The lowest BCUT2D eigenvalue weighted by Crippen LogP contribution is -2.08. The maximum atomic E-state index is 10.6. The van der Waals surface area contributed by atoms with Gasteiger partial charge in [-0.3, -0.25) is 4.79 Å². The van der Waals surface area contributed by atoms with Gasteiger partial charge in [0.1, 0.15) is 5.75 Å². The van der Waals surface area contributed by atoms with Crippen molar-refractivity contribution in [2.24, 2.45) is 5.73 Å². The minimum atomic E-state index is -1.07. The van der Waals surface area contributed by atoms with Crippen molar-refractivity contribution in [3.05, 3.63) is 24.0 Å². The highest BCUT2D eigenvalue weighted by molar-refractivity contribution is 5.89. The van der Waals surface area contributed by atoms with Crippen LogP contribution >= 0.6 is 0 Å². The van der Waals surface area contributed by atoms with Gasteiger partial charge >= 0.3 is 5.97 Å². The molecule has 4 N–H and O–H groups in total. The van der Waals surface area contributed by atoms with E-state index < -0.39 is 5.97 Å². The Kier molecular flexibility index (Phi) is 5.52. The first-order valence-corrected chi connectivity index (χ1v) is 6.03. The van der Waals surface area contributed by atoms with Gasteiger partial charge in [0.15, 0.2) is 0 Å². The zero-order chi connectivity index (χ0) is 15.1. The number of rotatable bonds is 4. The number of carbonyl (C=O) groups excluding carboxylic acids is 1. The lowest BCUT2D eigenvalue weighted by Gasteiger charge is -1.96. The molecule has 0 unspecified atom stereocenters. The van der Waals surface area contributed by atoms with E-state index in [-0.39, 0.29) is 11.7 Å². The average Bonchev–Trinajstić information content (AvgIpc) is 2.82. The predicted molar refractivity (Wildman–Crippen MR) is 73.7 cm³/mol. The van der Waals surface area contributed by atoms with E-state index in [1.165, 1.54) is 0 Å². The Morgan fingerprint density at radius 2 is 2.15 bits per heavy atom. The molecule has 0 aliphatic carbocycles. The Morgan fingerprint density at radius 3 is 2.60 bits per heavy atom. The number of nitrogens with two attached hydrogens (primary N) is 1. The van der Waals surface area contributed by atoms with Crippen molar-refractivity contribution in [3.8, 4) is 5.75 Å². The van der Waals surface area contributed by atoms with Crippen LogP contribution in [0.15, 0.2) is 18.2 Å². The van der Waals surface area contributed by atoms with Crippen molar-refractivity contribution in [1.29, 1.82) is 0 Å². The number of ether oxygens (including phenoxy) is 1. The average molecular weight is 279 g/mol. The summed E-state index contributed by atoms with van der Waals surface area (Å²) in [4.78, 5) is 27.0. The molecule has 0 bridgehead atoms. The maximum absolute atomic E-state index is 10.6. The van der Waals surface area contributed by atoms with Gasteiger partial charge in [-0.1, -0.05) is 6.92 Å². The van der Waals surface area contributed by atoms with Gasteiger partial charge in [0.25, 0.3) is 0 Å². The summed E-state index contributed by atoms with van der Waals surface area (Å²) in [5.41, 5.74) is 6.03. The molecule has 20 heavy (non-hydrogen) atoms. The van der Waals surface area contributed by atoms with Gasteiger partial charge in [-0.25, -0.2) is 9.78 Å². The standard InChI is InChI=1S/C9H8N2O3.C4H9NO/c1-14-5-2-3-6-7(4-5)11-8(10-6)9(12)13;1-2-3-4(5)6/h2-4H,1H3,(H,10,11)(H,12,13);2-3H2,1H3,(H2,5,6). The smallest absolute Gasteiger partial charge is 0.371 e. The number of aromatic amines is 1. The topological polar surface area (TPSA) is 118 Å². The van der Waals surface area contributed by atoms with Crippen LogP contribution in [-0.2, 0) is 4.79 Å². The van der Waals surface area contributed by atoms with Crippen molar-refractivity contribution in [2.75, 3.05) is 7.11 Å². The van der Waals surface area contributed by atoms with Crippen molar-refractivity contribution < 1.29 is 19.4 Å². The van der Waals surface area contributed by atoms with Crippen LogP contribution < -0.4 is 10.5 Å². The second-order valence-corrected chi connectivity index (χ2v) is 3.99. The lowest BCUT2D eigenvalue weighted by atomic mass is 10.3. The predicted octanol–water partition coefficient (Wildman–Crippen LogP) is 1.54. The minimum Gasteiger partial charge on any atom is -0.497 e. The number of methoxy groups -OCH3 is 1. The number of imidazole rings is 1. The maximum Gasteiger partial charge on any atom is 0.371 e. The number of carboxylic acids is 1. The number of fused-ring (bicyclic) bond motifs is 1. The molecule has 0 spiro atoms. The zero-order valence-electron chi connectivity index (χ0n) is 11.3. The monoisotopic (exact) mass is 279 g/mol. The van der Waals surface area contributed by atoms with Gasteiger partial charge in [0.2, 0.25) is 11.7 Å². The summed E-state index contributed by atoms with van der Waals surface area (Å²) in [5.74, 6) is -0.677. The Morgan fingerprint density at radius 1 is 1.45 bits per heavy atom. The van der Waals surface area contributed by atoms with E-state index in [1.54, 1.807) is 25.3 Å². The molecule has 0 atom stereocenters. The number of amides is 1. The summed E-state index contributed by atoms with van der Waals surface area (Å²) >= 11 is 0. The van der Waals surface area contributed by atoms with Crippen LogP contribution in [0.5, 0.6) is 5.75 Å². The van der Waals surface area contributed by atoms with E-state index in [9.17, 15) is 9.59 Å². The number of primary amides is 1. The van der Waals surface area contributed by atoms with Crippen LogP contribution in [-0.4, -0.2) is 34.1 Å². The Hall–Kier alpha value is -2.57. The number of benzene rings is 1. The number of carboxylic acid groups (broad SMARTS) is 1. The summed E-state index contributed by atoms with van der Waals surface area (Å²) in [6.45, 7) is 1.92. The molecule has 7 nitrogen and oxygen atoms in total. The SMILES string of the molecule is CCCC(N)=O.COc1ccc2nc(C(=O)O)[nH]c2c1. The normalized spacial score (nSPS) is 9.70. The molecule has 0 aliphatic heterocycles. The fraction of sp³-hybridized carbons (Fsp3) is 0.308. The summed E-state index contributed by atoms with van der Waals surface area (Å²) in [7, 11) is 1.55. The number of H-pyrrole nitrogens is 1. The second kappa shape index (κ2) is 7.13. The van der Waals surface area contributed by atoms with Crippen molar-refractivity contribution >= 4 is 22.9 Å². The quantitative estimate of drug-likeness (QED) is 0.784. The van der Waals surface area contributed by atoms with Gasteiger partial charge in [0, 0.05) is 12.5 Å². The van der Waals surface area contributed by atoms with E-state index >= 15 is 0 Å². The minimum absolute atomic E-state index is 0.0618. The van der Waals surface area contributed by atoms with Crippen molar-refractivity contribution in [2.45, 2.75) is 19.8 Å². The summed E-state index contributed by atoms with van der Waals surface area (Å²) in [6.07, 6.45) is 1.37. The second-order valence-electron chi connectivity index (χ2n) is 3.99. The van der Waals surface area contributed by atoms with Gasteiger partial charge < -0.3 is 20.6 Å². The van der Waals surface area contributed by atoms with Gasteiger partial charge in [0.05, 0.1) is 18.1 Å². The molecule has 0 fully saturated rings. The molecule has 0 saturated carbocycles. The molecule has 2 rings (SSSR count). The third-order valence-electron chi connectivity index (χ3n) is 2.39. The Bertz CT molecular complexity index is 607. The van der Waals surface area contributed by atoms with Crippen LogP contribution in [0.3, 0.4) is 0 Å². The number of nitrogens with zero attached hydrogens (tertiary/aromatic N) is 1. The molecule has 7 heteroatoms. The first-order chi connectivity index (χ1) is 9.47. The number of nitrogens with one attached hydrogen (secondary N) is 1. The van der Waals surface area contributed by atoms with E-state index in [4.69, 9.17) is 15.6 Å². The largest absolute Gasteiger partial charge is 0.497 e. The fourth-order valence-electron chi connectivity index (χ4n) is 1.46. The van der Waals surface area contributed by atoms with E-state index in [1.807, 2.05) is 6.92 Å². The van der Waals surface area contributed by atoms with Crippen LogP contribution in [0.4, 0.5) is 0 Å². The van der Waals surface area contributed by atoms with E-state index in [0.29, 0.717) is 23.2 Å². The molecular formula is C13H17N3O4. The first-order valence-electron chi connectivity index (χ1n) is 6.03. The summed E-state index contributed by atoms with van der Waals surface area (Å²) in [6, 6.07) is 5.14.